The predicted molar refractivity (Wildman–Crippen MR) is 191 cm³/mol. The zero-order chi connectivity index (χ0) is 33.6. The molecule has 0 spiro atoms. The van der Waals surface area contributed by atoms with Crippen LogP contribution in [0, 0.1) is 13.8 Å². The molecule has 0 saturated carbocycles. The average Bonchev–Trinajstić information content (AvgIpc) is 3.88. The van der Waals surface area contributed by atoms with Crippen molar-refractivity contribution in [3.63, 3.8) is 0 Å². The quantitative estimate of drug-likeness (QED) is 0.151. The second-order valence-electron chi connectivity index (χ2n) is 11.4. The van der Waals surface area contributed by atoms with Crippen molar-refractivity contribution in [2.75, 3.05) is 0 Å². The number of hydrogen-bond acceptors (Lipinski definition) is 7. The Bertz CT molecular complexity index is 1830. The molecule has 9 nitrogen and oxygen atoms in total. The van der Waals surface area contributed by atoms with E-state index >= 15 is 0 Å². The van der Waals surface area contributed by atoms with Gasteiger partial charge in [-0.15, -0.1) is 0 Å². The summed E-state index contributed by atoms with van der Waals surface area (Å²) < 4.78 is 4.34. The average molecular weight is 826 g/mol. The molecule has 0 aromatic carbocycles. The minimum absolute atomic E-state index is 0. The van der Waals surface area contributed by atoms with E-state index < -0.39 is 0 Å². The van der Waals surface area contributed by atoms with Gasteiger partial charge in [0.15, 0.2) is 0 Å². The molecule has 250 valence electrons. The number of hydrogen-bond donors (Lipinski definition) is 0. The van der Waals surface area contributed by atoms with E-state index in [1.54, 1.807) is 12.4 Å². The molecule has 0 fully saturated rings. The monoisotopic (exact) mass is 827 g/mol. The number of aryl methyl sites for hydroxylation is 2. The fraction of sp³-hybridized carbons (Fsp3) is 0.205. The normalized spacial score (nSPS) is 11.5. The number of aromatic nitrogens is 9. The van der Waals surface area contributed by atoms with E-state index in [1.807, 2.05) is 129 Å². The second kappa shape index (κ2) is 19.0. The van der Waals surface area contributed by atoms with Crippen LogP contribution in [0.2, 0.25) is 0 Å². The Morgan fingerprint density at radius 3 is 1.47 bits per heavy atom. The first kappa shape index (κ1) is 36.6. The van der Waals surface area contributed by atoms with Crippen LogP contribution in [0.5, 0.6) is 0 Å². The summed E-state index contributed by atoms with van der Waals surface area (Å²) in [6.07, 6.45) is 20.9. The van der Waals surface area contributed by atoms with Crippen LogP contribution in [-0.4, -0.2) is 44.0 Å². The summed E-state index contributed by atoms with van der Waals surface area (Å²) in [4.78, 5) is 30.0. The molecular weight excluding hydrogens is 785 g/mol. The van der Waals surface area contributed by atoms with Gasteiger partial charge in [-0.2, -0.15) is 0 Å². The molecule has 7 aromatic rings. The van der Waals surface area contributed by atoms with Crippen molar-refractivity contribution in [2.24, 2.45) is 0 Å². The summed E-state index contributed by atoms with van der Waals surface area (Å²) >= 11 is 0. The molecule has 0 amide bonds. The minimum Gasteiger partial charge on any atom is -0.335 e. The Morgan fingerprint density at radius 1 is 0.551 bits per heavy atom. The van der Waals surface area contributed by atoms with Gasteiger partial charge in [-0.25, -0.2) is 15.0 Å². The smallest absolute Gasteiger partial charge is 0.0948 e. The molecule has 7 aromatic heterocycles. The molecule has 0 aliphatic rings. The molecule has 0 bridgehead atoms. The van der Waals surface area contributed by atoms with Gasteiger partial charge in [0, 0.05) is 81.4 Å². The number of nitrogens with zero attached hydrogens (tertiary/aromatic N) is 9. The van der Waals surface area contributed by atoms with Gasteiger partial charge in [0.2, 0.25) is 0 Å². The van der Waals surface area contributed by atoms with Crippen molar-refractivity contribution < 1.29 is 19.8 Å². The third-order valence-corrected chi connectivity index (χ3v) is 7.76. The van der Waals surface area contributed by atoms with Gasteiger partial charge in [0.05, 0.1) is 46.8 Å². The Hall–Kier alpha value is -5.19. The molecule has 49 heavy (non-hydrogen) atoms. The summed E-state index contributed by atoms with van der Waals surface area (Å²) in [6.45, 7) is 8.55. The SMILES string of the molecule is CCC(CC(C)n1ccnc1)n1ccnc1.Cc1ccnc(-c2cc(C)ccn2)c1.[Os].c1ccc(-c2cccc(-c3ccccn3)n2)nc1. The van der Waals surface area contributed by atoms with Crippen molar-refractivity contribution >= 4 is 0 Å². The van der Waals surface area contributed by atoms with Crippen LogP contribution >= 0.6 is 0 Å². The van der Waals surface area contributed by atoms with Crippen molar-refractivity contribution in [3.8, 4) is 34.2 Å². The summed E-state index contributed by atoms with van der Waals surface area (Å²) in [6, 6.07) is 26.5. The minimum atomic E-state index is 0. The molecule has 0 radical (unpaired) electrons. The first-order chi connectivity index (χ1) is 23.5. The molecule has 2 unspecified atom stereocenters. The molecule has 10 heteroatoms. The zero-order valence-corrected chi connectivity index (χ0v) is 30.8. The van der Waals surface area contributed by atoms with Crippen LogP contribution in [0.3, 0.4) is 0 Å². The van der Waals surface area contributed by atoms with Crippen LogP contribution in [0.25, 0.3) is 34.2 Å². The molecule has 0 aliphatic carbocycles. The molecular formula is C39H41N9Os. The molecule has 2 atom stereocenters. The van der Waals surface area contributed by atoms with E-state index in [0.29, 0.717) is 12.1 Å². The van der Waals surface area contributed by atoms with Crippen molar-refractivity contribution in [1.82, 2.24) is 44.0 Å². The summed E-state index contributed by atoms with van der Waals surface area (Å²) in [7, 11) is 0. The Labute approximate surface area is 301 Å². The van der Waals surface area contributed by atoms with Crippen LogP contribution in [0.4, 0.5) is 0 Å². The third-order valence-electron chi connectivity index (χ3n) is 7.76. The summed E-state index contributed by atoms with van der Waals surface area (Å²) in [5.74, 6) is 0. The largest absolute Gasteiger partial charge is 0.335 e. The predicted octanol–water partition coefficient (Wildman–Crippen LogP) is 8.65. The standard InChI is InChI=1S/C15H11N3.C12H18N4.C12H12N2.Os/c1-3-10-16-12(6-1)14-8-5-9-15(18-14)13-7-2-4-11-17-13;1-3-12(16-7-5-14-10-16)8-11(2)15-6-4-13-9-15;1-9-3-5-13-11(7-9)12-8-10(2)4-6-14-12;/h1-11H;4-7,9-12H,3,8H2,1-2H3;3-8H,1-2H3;. The third kappa shape index (κ3) is 10.9. The van der Waals surface area contributed by atoms with Crippen LogP contribution in [-0.2, 0) is 19.8 Å². The maximum Gasteiger partial charge on any atom is 0.0948 e. The maximum atomic E-state index is 4.59. The molecule has 0 saturated heterocycles. The van der Waals surface area contributed by atoms with Crippen LogP contribution < -0.4 is 0 Å². The van der Waals surface area contributed by atoms with Gasteiger partial charge in [-0.1, -0.05) is 25.1 Å². The number of pyridine rings is 5. The maximum absolute atomic E-state index is 4.59. The van der Waals surface area contributed by atoms with E-state index in [2.05, 4.69) is 71.7 Å². The molecule has 0 aliphatic heterocycles. The van der Waals surface area contributed by atoms with E-state index in [9.17, 15) is 0 Å². The van der Waals surface area contributed by atoms with Crippen LogP contribution in [0.15, 0.2) is 141 Å². The van der Waals surface area contributed by atoms with Gasteiger partial charge in [-0.3, -0.25) is 19.9 Å². The van der Waals surface area contributed by atoms with Gasteiger partial charge >= 0.3 is 0 Å². The van der Waals surface area contributed by atoms with E-state index in [4.69, 9.17) is 0 Å². The summed E-state index contributed by atoms with van der Waals surface area (Å²) in [5, 5.41) is 0. The molecule has 7 heterocycles. The van der Waals surface area contributed by atoms with E-state index in [0.717, 1.165) is 47.0 Å². The fourth-order valence-corrected chi connectivity index (χ4v) is 5.13. The number of imidazole rings is 2. The topological polar surface area (TPSA) is 100 Å². The number of rotatable bonds is 8. The van der Waals surface area contributed by atoms with Crippen molar-refractivity contribution in [1.29, 1.82) is 0 Å². The molecule has 7 rings (SSSR count). The Morgan fingerprint density at radius 2 is 1.04 bits per heavy atom. The summed E-state index contributed by atoms with van der Waals surface area (Å²) in [5.41, 5.74) is 7.75. The zero-order valence-electron chi connectivity index (χ0n) is 28.2. The van der Waals surface area contributed by atoms with E-state index in [1.165, 1.54) is 11.1 Å². The Kier molecular flexibility index (Phi) is 14.2. The van der Waals surface area contributed by atoms with Crippen molar-refractivity contribution in [2.45, 2.75) is 52.6 Å². The van der Waals surface area contributed by atoms with Gasteiger partial charge in [0.25, 0.3) is 0 Å². The Balaban J connectivity index is 0.000000165. The van der Waals surface area contributed by atoms with Gasteiger partial charge in [-0.05, 0) is 105 Å². The van der Waals surface area contributed by atoms with Crippen molar-refractivity contribution in [3.05, 3.63) is 152 Å². The van der Waals surface area contributed by atoms with E-state index in [-0.39, 0.29) is 19.8 Å². The second-order valence-corrected chi connectivity index (χ2v) is 11.4. The van der Waals surface area contributed by atoms with Crippen LogP contribution in [0.1, 0.15) is 49.9 Å². The van der Waals surface area contributed by atoms with Gasteiger partial charge < -0.3 is 9.13 Å². The first-order valence-corrected chi connectivity index (χ1v) is 16.1. The molecule has 0 N–H and O–H groups in total. The van der Waals surface area contributed by atoms with Gasteiger partial charge in [0.1, 0.15) is 0 Å². The fourth-order valence-electron chi connectivity index (χ4n) is 5.13. The first-order valence-electron chi connectivity index (χ1n) is 16.1.